The van der Waals surface area contributed by atoms with Crippen LogP contribution in [0, 0.1) is 5.92 Å². The molecular formula is C24H27N3O. The van der Waals surface area contributed by atoms with Crippen molar-refractivity contribution in [2.75, 3.05) is 13.1 Å². The van der Waals surface area contributed by atoms with Gasteiger partial charge in [0.05, 0.1) is 0 Å². The van der Waals surface area contributed by atoms with Crippen molar-refractivity contribution in [1.82, 2.24) is 15.5 Å². The Morgan fingerprint density at radius 3 is 2.71 bits per heavy atom. The molecule has 0 radical (unpaired) electrons. The summed E-state index contributed by atoms with van der Waals surface area (Å²) in [5.74, 6) is 1.96. The number of rotatable bonds is 4. The molecular weight excluding hydrogens is 346 g/mol. The molecule has 4 heteroatoms. The molecule has 0 bridgehead atoms. The molecule has 5 rings (SSSR count). The van der Waals surface area contributed by atoms with Crippen molar-refractivity contribution in [3.8, 4) is 22.8 Å². The molecule has 1 aliphatic heterocycles. The molecule has 2 aliphatic rings. The Kier molecular flexibility index (Phi) is 4.31. The first kappa shape index (κ1) is 17.6. The second-order valence-corrected chi connectivity index (χ2v) is 8.76. The molecule has 1 saturated heterocycles. The third-order valence-electron chi connectivity index (χ3n) is 6.36. The van der Waals surface area contributed by atoms with Gasteiger partial charge in [0.15, 0.2) is 0 Å². The number of fused-ring (bicyclic) bond motifs is 2. The number of hydrogen-bond donors (Lipinski definition) is 1. The summed E-state index contributed by atoms with van der Waals surface area (Å²) in [5.41, 5.74) is 6.66. The molecule has 28 heavy (non-hydrogen) atoms. The quantitative estimate of drug-likeness (QED) is 0.715. The predicted octanol–water partition coefficient (Wildman–Crippen LogP) is 4.78. The second kappa shape index (κ2) is 6.85. The number of aromatic nitrogens is 2. The average molecular weight is 374 g/mol. The van der Waals surface area contributed by atoms with Gasteiger partial charge < -0.3 is 9.84 Å². The molecule has 2 heterocycles. The van der Waals surface area contributed by atoms with Gasteiger partial charge in [-0.25, -0.2) is 0 Å². The minimum atomic E-state index is 0.310. The molecule has 4 nitrogen and oxygen atoms in total. The van der Waals surface area contributed by atoms with E-state index in [0.717, 1.165) is 37.1 Å². The Bertz CT molecular complexity index is 981. The molecule has 3 aromatic rings. The van der Waals surface area contributed by atoms with E-state index in [4.69, 9.17) is 9.51 Å². The summed E-state index contributed by atoms with van der Waals surface area (Å²) in [6.07, 6.45) is 4.63. The van der Waals surface area contributed by atoms with Crippen LogP contribution in [0.25, 0.3) is 22.8 Å². The largest absolute Gasteiger partial charge is 0.334 e. The minimum absolute atomic E-state index is 0.310. The lowest BCUT2D eigenvalue weighted by Crippen LogP contribution is -2.25. The van der Waals surface area contributed by atoms with Crippen LogP contribution in [0.3, 0.4) is 0 Å². The fourth-order valence-corrected chi connectivity index (χ4v) is 4.95. The van der Waals surface area contributed by atoms with Crippen molar-refractivity contribution in [3.05, 3.63) is 59.2 Å². The van der Waals surface area contributed by atoms with Crippen molar-refractivity contribution < 1.29 is 4.52 Å². The van der Waals surface area contributed by atoms with Crippen LogP contribution in [-0.2, 0) is 18.3 Å². The van der Waals surface area contributed by atoms with Crippen LogP contribution in [0.5, 0.6) is 0 Å². The lowest BCUT2D eigenvalue weighted by molar-refractivity contribution is 0.432. The second-order valence-electron chi connectivity index (χ2n) is 8.76. The van der Waals surface area contributed by atoms with E-state index in [2.05, 4.69) is 66.8 Å². The van der Waals surface area contributed by atoms with Crippen molar-refractivity contribution in [2.45, 2.75) is 44.9 Å². The van der Waals surface area contributed by atoms with Crippen LogP contribution < -0.4 is 5.32 Å². The molecule has 1 fully saturated rings. The highest BCUT2D eigenvalue weighted by Crippen LogP contribution is 2.46. The van der Waals surface area contributed by atoms with Crippen LogP contribution in [0.2, 0.25) is 0 Å². The number of nitrogens with zero attached hydrogens (tertiary/aromatic N) is 2. The maximum Gasteiger partial charge on any atom is 0.258 e. The number of nitrogens with one attached hydrogen (secondary N) is 1. The van der Waals surface area contributed by atoms with Crippen molar-refractivity contribution in [1.29, 1.82) is 0 Å². The molecule has 1 aromatic heterocycles. The van der Waals surface area contributed by atoms with E-state index in [9.17, 15) is 0 Å². The standard InChI is InChI=1S/C24H27N3O/c1-16(2)14-17-6-8-18(9-7-17)23-26-22(27-28-23)20-4-3-5-21-19(20)10-11-24(21)12-13-25-15-24/h3-9,16,25H,10-15H2,1-2H3. The normalized spacial score (nSPS) is 21.0. The van der Waals surface area contributed by atoms with E-state index in [-0.39, 0.29) is 0 Å². The Balaban J connectivity index is 1.45. The molecule has 2 aromatic carbocycles. The van der Waals surface area contributed by atoms with Gasteiger partial charge in [-0.2, -0.15) is 4.98 Å². The summed E-state index contributed by atoms with van der Waals surface area (Å²) >= 11 is 0. The van der Waals surface area contributed by atoms with E-state index in [1.165, 1.54) is 29.5 Å². The van der Waals surface area contributed by atoms with Gasteiger partial charge in [0, 0.05) is 23.1 Å². The Hall–Kier alpha value is -2.46. The molecule has 1 atom stereocenters. The monoisotopic (exact) mass is 373 g/mol. The summed E-state index contributed by atoms with van der Waals surface area (Å²) in [6, 6.07) is 15.1. The lowest BCUT2D eigenvalue weighted by atomic mass is 9.81. The summed E-state index contributed by atoms with van der Waals surface area (Å²) in [5, 5.41) is 7.87. The van der Waals surface area contributed by atoms with Crippen LogP contribution in [-0.4, -0.2) is 23.2 Å². The number of benzene rings is 2. The smallest absolute Gasteiger partial charge is 0.258 e. The average Bonchev–Trinajstić information content (AvgIpc) is 3.44. The summed E-state index contributed by atoms with van der Waals surface area (Å²) in [4.78, 5) is 4.74. The first-order valence-corrected chi connectivity index (χ1v) is 10.4. The summed E-state index contributed by atoms with van der Waals surface area (Å²) in [6.45, 7) is 6.68. The molecule has 1 spiro atoms. The van der Waals surface area contributed by atoms with E-state index in [1.807, 2.05) is 0 Å². The number of hydrogen-bond acceptors (Lipinski definition) is 4. The van der Waals surface area contributed by atoms with Gasteiger partial charge in [-0.3, -0.25) is 0 Å². The van der Waals surface area contributed by atoms with Gasteiger partial charge in [-0.15, -0.1) is 0 Å². The molecule has 0 saturated carbocycles. The summed E-state index contributed by atoms with van der Waals surface area (Å²) < 4.78 is 5.63. The first-order chi connectivity index (χ1) is 13.6. The van der Waals surface area contributed by atoms with Crippen LogP contribution in [0.1, 0.15) is 43.4 Å². The molecule has 1 aliphatic carbocycles. The van der Waals surface area contributed by atoms with E-state index in [1.54, 1.807) is 0 Å². The predicted molar refractivity (Wildman–Crippen MR) is 111 cm³/mol. The minimum Gasteiger partial charge on any atom is -0.334 e. The van der Waals surface area contributed by atoms with Gasteiger partial charge in [0.2, 0.25) is 5.82 Å². The Morgan fingerprint density at radius 1 is 1.11 bits per heavy atom. The highest BCUT2D eigenvalue weighted by Gasteiger charge is 2.42. The van der Waals surface area contributed by atoms with Crippen molar-refractivity contribution in [2.24, 2.45) is 5.92 Å². The molecule has 0 amide bonds. The zero-order valence-electron chi connectivity index (χ0n) is 16.7. The van der Waals surface area contributed by atoms with Gasteiger partial charge in [0.1, 0.15) is 0 Å². The van der Waals surface area contributed by atoms with Crippen LogP contribution in [0.4, 0.5) is 0 Å². The zero-order chi connectivity index (χ0) is 19.1. The Labute approximate surface area is 166 Å². The SMILES string of the molecule is CC(C)Cc1ccc(-c2nc(-c3cccc4c3CCC43CCNC3)no2)cc1. The van der Waals surface area contributed by atoms with E-state index in [0.29, 0.717) is 23.0 Å². The summed E-state index contributed by atoms with van der Waals surface area (Å²) in [7, 11) is 0. The third kappa shape index (κ3) is 2.96. The molecule has 1 N–H and O–H groups in total. The van der Waals surface area contributed by atoms with Crippen LogP contribution in [0.15, 0.2) is 47.0 Å². The van der Waals surface area contributed by atoms with Crippen molar-refractivity contribution >= 4 is 0 Å². The Morgan fingerprint density at radius 2 is 1.96 bits per heavy atom. The fourth-order valence-electron chi connectivity index (χ4n) is 4.95. The first-order valence-electron chi connectivity index (χ1n) is 10.4. The maximum atomic E-state index is 5.63. The van der Waals surface area contributed by atoms with Crippen LogP contribution >= 0.6 is 0 Å². The highest BCUT2D eigenvalue weighted by molar-refractivity contribution is 5.67. The van der Waals surface area contributed by atoms with Crippen molar-refractivity contribution in [3.63, 3.8) is 0 Å². The van der Waals surface area contributed by atoms with Gasteiger partial charge >= 0.3 is 0 Å². The maximum absolute atomic E-state index is 5.63. The lowest BCUT2D eigenvalue weighted by Gasteiger charge is -2.23. The zero-order valence-corrected chi connectivity index (χ0v) is 16.7. The fraction of sp³-hybridized carbons (Fsp3) is 0.417. The van der Waals surface area contributed by atoms with Gasteiger partial charge in [-0.1, -0.05) is 49.3 Å². The molecule has 144 valence electrons. The topological polar surface area (TPSA) is 51.0 Å². The van der Waals surface area contributed by atoms with E-state index >= 15 is 0 Å². The van der Waals surface area contributed by atoms with Gasteiger partial charge in [0.25, 0.3) is 5.89 Å². The van der Waals surface area contributed by atoms with E-state index < -0.39 is 0 Å². The van der Waals surface area contributed by atoms with Gasteiger partial charge in [-0.05, 0) is 67.0 Å². The molecule has 1 unspecified atom stereocenters. The third-order valence-corrected chi connectivity index (χ3v) is 6.36. The highest BCUT2D eigenvalue weighted by atomic mass is 16.5.